The number of amides is 1. The van der Waals surface area contributed by atoms with E-state index in [1.54, 1.807) is 18.2 Å². The summed E-state index contributed by atoms with van der Waals surface area (Å²) in [5.74, 6) is 1.61. The minimum Gasteiger partial charge on any atom is -0.325 e. The lowest BCUT2D eigenvalue weighted by atomic mass is 10.2. The van der Waals surface area contributed by atoms with Crippen LogP contribution >= 0.6 is 11.8 Å². The van der Waals surface area contributed by atoms with Gasteiger partial charge in [-0.2, -0.15) is 0 Å². The van der Waals surface area contributed by atoms with Crippen molar-refractivity contribution < 1.29 is 9.18 Å². The van der Waals surface area contributed by atoms with E-state index in [9.17, 15) is 9.18 Å². The molecular weight excluding hydrogens is 375 g/mol. The zero-order chi connectivity index (χ0) is 19.3. The summed E-state index contributed by atoms with van der Waals surface area (Å²) < 4.78 is 15.8. The van der Waals surface area contributed by atoms with Crippen LogP contribution in [0.3, 0.4) is 0 Å². The first-order valence-corrected chi connectivity index (χ1v) is 10.4. The van der Waals surface area contributed by atoms with Crippen molar-refractivity contribution >= 4 is 23.4 Å². The van der Waals surface area contributed by atoms with Gasteiger partial charge in [-0.3, -0.25) is 4.79 Å². The molecule has 1 N–H and O–H groups in total. The second-order valence-electron chi connectivity index (χ2n) is 6.75. The third kappa shape index (κ3) is 4.25. The van der Waals surface area contributed by atoms with Crippen LogP contribution in [0.25, 0.3) is 11.4 Å². The fourth-order valence-corrected chi connectivity index (χ4v) is 4.04. The van der Waals surface area contributed by atoms with E-state index in [0.717, 1.165) is 43.0 Å². The lowest BCUT2D eigenvalue weighted by molar-refractivity contribution is -0.113. The standard InChI is InChI=1S/C21H21FN4OS/c22-17-6-3-4-7-18(17)28-14-20(27)23-16-11-9-15(10-12-16)21-25-24-19-8-2-1-5-13-26(19)21/h3-4,6-7,9-12H,1-2,5,8,13-14H2,(H,23,27). The Morgan fingerprint density at radius 3 is 2.71 bits per heavy atom. The molecule has 7 heteroatoms. The zero-order valence-corrected chi connectivity index (χ0v) is 16.2. The van der Waals surface area contributed by atoms with Gasteiger partial charge in [0.05, 0.1) is 5.75 Å². The van der Waals surface area contributed by atoms with Gasteiger partial charge in [-0.05, 0) is 49.2 Å². The van der Waals surface area contributed by atoms with Gasteiger partial charge in [-0.15, -0.1) is 22.0 Å². The number of rotatable bonds is 5. The van der Waals surface area contributed by atoms with Crippen LogP contribution in [0.15, 0.2) is 53.4 Å². The lowest BCUT2D eigenvalue weighted by Gasteiger charge is -2.09. The zero-order valence-electron chi connectivity index (χ0n) is 15.4. The number of hydrogen-bond acceptors (Lipinski definition) is 4. The van der Waals surface area contributed by atoms with Gasteiger partial charge in [-0.25, -0.2) is 4.39 Å². The summed E-state index contributed by atoms with van der Waals surface area (Å²) in [5.41, 5.74) is 1.69. The van der Waals surface area contributed by atoms with Gasteiger partial charge >= 0.3 is 0 Å². The maximum Gasteiger partial charge on any atom is 0.234 e. The molecule has 0 atom stereocenters. The van der Waals surface area contributed by atoms with Gasteiger partial charge in [0.15, 0.2) is 5.82 Å². The van der Waals surface area contributed by atoms with Crippen LogP contribution in [0, 0.1) is 5.82 Å². The highest BCUT2D eigenvalue weighted by atomic mass is 32.2. The molecule has 0 fully saturated rings. The van der Waals surface area contributed by atoms with Crippen LogP contribution < -0.4 is 5.32 Å². The van der Waals surface area contributed by atoms with Crippen molar-refractivity contribution in [2.75, 3.05) is 11.1 Å². The summed E-state index contributed by atoms with van der Waals surface area (Å²) in [7, 11) is 0. The molecule has 0 radical (unpaired) electrons. The van der Waals surface area contributed by atoms with E-state index >= 15 is 0 Å². The second kappa shape index (κ2) is 8.56. The number of carbonyl (C=O) groups excluding carboxylic acids is 1. The van der Waals surface area contributed by atoms with Crippen LogP contribution in [-0.2, 0) is 17.8 Å². The number of aromatic nitrogens is 3. The highest BCUT2D eigenvalue weighted by Gasteiger charge is 2.16. The minimum atomic E-state index is -0.308. The fraction of sp³-hybridized carbons (Fsp3) is 0.286. The minimum absolute atomic E-state index is 0.153. The number of nitrogens with one attached hydrogen (secondary N) is 1. The first kappa shape index (κ1) is 18.7. The molecule has 0 aliphatic carbocycles. The van der Waals surface area contributed by atoms with E-state index in [4.69, 9.17) is 0 Å². The van der Waals surface area contributed by atoms with E-state index in [0.29, 0.717) is 10.6 Å². The summed E-state index contributed by atoms with van der Waals surface area (Å²) in [4.78, 5) is 12.6. The Hall–Kier alpha value is -2.67. The molecule has 28 heavy (non-hydrogen) atoms. The molecule has 2 heterocycles. The van der Waals surface area contributed by atoms with Crippen LogP contribution in [-0.4, -0.2) is 26.4 Å². The third-order valence-electron chi connectivity index (χ3n) is 4.73. The molecule has 0 unspecified atom stereocenters. The van der Waals surface area contributed by atoms with E-state index in [-0.39, 0.29) is 17.5 Å². The van der Waals surface area contributed by atoms with E-state index in [1.165, 1.54) is 24.2 Å². The summed E-state index contributed by atoms with van der Waals surface area (Å²) in [6.45, 7) is 0.948. The monoisotopic (exact) mass is 396 g/mol. The fourth-order valence-electron chi connectivity index (χ4n) is 3.30. The Kier molecular flexibility index (Phi) is 5.71. The van der Waals surface area contributed by atoms with Crippen molar-refractivity contribution in [3.05, 3.63) is 60.2 Å². The van der Waals surface area contributed by atoms with Crippen molar-refractivity contribution in [1.29, 1.82) is 0 Å². The van der Waals surface area contributed by atoms with Gasteiger partial charge in [0.25, 0.3) is 0 Å². The molecule has 1 amide bonds. The first-order chi connectivity index (χ1) is 13.7. The topological polar surface area (TPSA) is 59.8 Å². The van der Waals surface area contributed by atoms with Crippen molar-refractivity contribution in [3.63, 3.8) is 0 Å². The van der Waals surface area contributed by atoms with Crippen LogP contribution in [0.1, 0.15) is 25.1 Å². The summed E-state index contributed by atoms with van der Waals surface area (Å²) in [5, 5.41) is 11.5. The quantitative estimate of drug-likeness (QED) is 0.643. The molecule has 144 valence electrons. The number of thioether (sulfide) groups is 1. The molecule has 0 spiro atoms. The molecule has 1 aliphatic heterocycles. The number of carbonyl (C=O) groups is 1. The number of hydrogen-bond donors (Lipinski definition) is 1. The first-order valence-electron chi connectivity index (χ1n) is 9.40. The average Bonchev–Trinajstić information content (AvgIpc) is 2.96. The highest BCUT2D eigenvalue weighted by Crippen LogP contribution is 2.25. The van der Waals surface area contributed by atoms with E-state index in [1.807, 2.05) is 24.3 Å². The molecule has 3 aromatic rings. The normalized spacial score (nSPS) is 13.6. The van der Waals surface area contributed by atoms with Crippen LogP contribution in [0.4, 0.5) is 10.1 Å². The molecule has 0 saturated heterocycles. The molecule has 4 rings (SSSR count). The number of aryl methyl sites for hydroxylation is 1. The molecule has 0 bridgehead atoms. The Bertz CT molecular complexity index is 971. The van der Waals surface area contributed by atoms with Gasteiger partial charge in [0.1, 0.15) is 11.6 Å². The summed E-state index contributed by atoms with van der Waals surface area (Å²) in [6.07, 6.45) is 4.50. The predicted molar refractivity (Wildman–Crippen MR) is 109 cm³/mol. The number of benzene rings is 2. The molecule has 2 aromatic carbocycles. The van der Waals surface area contributed by atoms with Crippen LogP contribution in [0.5, 0.6) is 0 Å². The molecule has 5 nitrogen and oxygen atoms in total. The number of anilines is 1. The summed E-state index contributed by atoms with van der Waals surface area (Å²) >= 11 is 1.18. The number of halogens is 1. The SMILES string of the molecule is O=C(CSc1ccccc1F)Nc1ccc(-c2nnc3n2CCCCC3)cc1. The van der Waals surface area contributed by atoms with Gasteiger partial charge in [0, 0.05) is 29.1 Å². The van der Waals surface area contributed by atoms with Gasteiger partial charge < -0.3 is 9.88 Å². The maximum absolute atomic E-state index is 13.6. The maximum atomic E-state index is 13.6. The number of nitrogens with zero attached hydrogens (tertiary/aromatic N) is 3. The second-order valence-corrected chi connectivity index (χ2v) is 7.76. The Morgan fingerprint density at radius 2 is 1.89 bits per heavy atom. The third-order valence-corrected chi connectivity index (χ3v) is 5.78. The van der Waals surface area contributed by atoms with Crippen LogP contribution in [0.2, 0.25) is 0 Å². The predicted octanol–water partition coefficient (Wildman–Crippen LogP) is 4.54. The molecule has 1 aromatic heterocycles. The van der Waals surface area contributed by atoms with Crippen molar-refractivity contribution in [2.24, 2.45) is 0 Å². The summed E-state index contributed by atoms with van der Waals surface area (Å²) in [6, 6.07) is 14.1. The average molecular weight is 396 g/mol. The molecular formula is C21H21FN4OS. The number of fused-ring (bicyclic) bond motifs is 1. The van der Waals surface area contributed by atoms with E-state index < -0.39 is 0 Å². The molecule has 1 aliphatic rings. The lowest BCUT2D eigenvalue weighted by Crippen LogP contribution is -2.14. The van der Waals surface area contributed by atoms with Crippen molar-refractivity contribution in [2.45, 2.75) is 37.1 Å². The van der Waals surface area contributed by atoms with Crippen molar-refractivity contribution in [3.8, 4) is 11.4 Å². The highest BCUT2D eigenvalue weighted by molar-refractivity contribution is 8.00. The van der Waals surface area contributed by atoms with Gasteiger partial charge in [0.2, 0.25) is 5.91 Å². The molecule has 0 saturated carbocycles. The Morgan fingerprint density at radius 1 is 1.07 bits per heavy atom. The smallest absolute Gasteiger partial charge is 0.234 e. The Labute approximate surface area is 167 Å². The van der Waals surface area contributed by atoms with Gasteiger partial charge in [-0.1, -0.05) is 18.6 Å². The van der Waals surface area contributed by atoms with Crippen molar-refractivity contribution in [1.82, 2.24) is 14.8 Å². The largest absolute Gasteiger partial charge is 0.325 e. The Balaban J connectivity index is 1.39. The van der Waals surface area contributed by atoms with E-state index in [2.05, 4.69) is 20.1 Å².